The Labute approximate surface area is 107 Å². The number of nitrogens with two attached hydrogens (primary N) is 1. The first-order valence-electron chi connectivity index (χ1n) is 5.99. The molecule has 0 aromatic heterocycles. The van der Waals surface area contributed by atoms with Crippen LogP contribution < -0.4 is 5.73 Å². The predicted molar refractivity (Wildman–Crippen MR) is 71.1 cm³/mol. The van der Waals surface area contributed by atoms with Crippen LogP contribution in [0.25, 0.3) is 0 Å². The van der Waals surface area contributed by atoms with Crippen molar-refractivity contribution in [1.82, 2.24) is 4.90 Å². The minimum Gasteiger partial charge on any atom is -0.354 e. The van der Waals surface area contributed by atoms with Crippen molar-refractivity contribution >= 4 is 15.9 Å². The molecule has 6 heteroatoms. The first-order valence-corrected chi connectivity index (χ1v) is 7.43. The lowest BCUT2D eigenvalue weighted by Crippen LogP contribution is -2.35. The lowest BCUT2D eigenvalue weighted by molar-refractivity contribution is 0.429. The van der Waals surface area contributed by atoms with Crippen LogP contribution in [0.5, 0.6) is 0 Å². The summed E-state index contributed by atoms with van der Waals surface area (Å²) in [7, 11) is -3.53. The van der Waals surface area contributed by atoms with Gasteiger partial charge in [0, 0.05) is 25.2 Å². The van der Waals surface area contributed by atoms with E-state index in [1.54, 1.807) is 18.2 Å². The summed E-state index contributed by atoms with van der Waals surface area (Å²) in [4.78, 5) is 2.22. The second-order valence-electron chi connectivity index (χ2n) is 4.16. The van der Waals surface area contributed by atoms with Crippen molar-refractivity contribution in [3.63, 3.8) is 0 Å². The Hall–Kier alpha value is -1.40. The molecule has 1 heterocycles. The minimum atomic E-state index is -3.53. The van der Waals surface area contributed by atoms with E-state index in [1.807, 2.05) is 17.9 Å². The Morgan fingerprint density at radius 1 is 1.28 bits per heavy atom. The number of nitrogens with zero attached hydrogens (tertiary/aromatic N) is 2. The van der Waals surface area contributed by atoms with Gasteiger partial charge in [-0.1, -0.05) is 19.1 Å². The molecule has 1 aliphatic rings. The van der Waals surface area contributed by atoms with Crippen molar-refractivity contribution in [1.29, 1.82) is 0 Å². The maximum absolute atomic E-state index is 11.9. The van der Waals surface area contributed by atoms with E-state index in [4.69, 9.17) is 5.73 Å². The standard InChI is InChI=1S/C12H17N3O2S/c1-2-8-15(9-7-13)12-10-5-3-4-6-11(10)18(16,17)14-12/h3-6H,2,7-9,13H2,1H3. The Morgan fingerprint density at radius 3 is 2.67 bits per heavy atom. The zero-order chi connectivity index (χ0) is 13.2. The zero-order valence-corrected chi connectivity index (χ0v) is 11.2. The molecule has 0 bridgehead atoms. The van der Waals surface area contributed by atoms with E-state index in [9.17, 15) is 8.42 Å². The van der Waals surface area contributed by atoms with Gasteiger partial charge in [0.25, 0.3) is 10.0 Å². The summed E-state index contributed by atoms with van der Waals surface area (Å²) in [6.07, 6.45) is 0.918. The highest BCUT2D eigenvalue weighted by Gasteiger charge is 2.30. The molecule has 0 fully saturated rings. The van der Waals surface area contributed by atoms with Gasteiger partial charge in [-0.25, -0.2) is 0 Å². The van der Waals surface area contributed by atoms with Gasteiger partial charge in [0.2, 0.25) is 0 Å². The van der Waals surface area contributed by atoms with E-state index < -0.39 is 10.0 Å². The smallest absolute Gasteiger partial charge is 0.285 e. The van der Waals surface area contributed by atoms with E-state index in [2.05, 4.69) is 4.40 Å². The fraction of sp³-hybridized carbons (Fsp3) is 0.417. The molecule has 0 saturated carbocycles. The van der Waals surface area contributed by atoms with Crippen molar-refractivity contribution in [2.45, 2.75) is 18.2 Å². The molecule has 0 aliphatic carbocycles. The van der Waals surface area contributed by atoms with Gasteiger partial charge < -0.3 is 10.6 Å². The Morgan fingerprint density at radius 2 is 2.00 bits per heavy atom. The highest BCUT2D eigenvalue weighted by molar-refractivity contribution is 7.90. The highest BCUT2D eigenvalue weighted by atomic mass is 32.2. The summed E-state index contributed by atoms with van der Waals surface area (Å²) >= 11 is 0. The number of rotatable bonds is 4. The van der Waals surface area contributed by atoms with Crippen LogP contribution in [0.4, 0.5) is 0 Å². The third kappa shape index (κ3) is 2.26. The molecule has 98 valence electrons. The van der Waals surface area contributed by atoms with Crippen LogP contribution in [0.1, 0.15) is 18.9 Å². The monoisotopic (exact) mass is 267 g/mol. The summed E-state index contributed by atoms with van der Waals surface area (Å²) in [5, 5.41) is 0. The van der Waals surface area contributed by atoms with Gasteiger partial charge >= 0.3 is 0 Å². The fourth-order valence-corrected chi connectivity index (χ4v) is 3.29. The first kappa shape index (κ1) is 13.0. The molecule has 1 aromatic carbocycles. The zero-order valence-electron chi connectivity index (χ0n) is 10.3. The summed E-state index contributed by atoms with van der Waals surface area (Å²) in [5.41, 5.74) is 6.25. The summed E-state index contributed by atoms with van der Waals surface area (Å²) in [6, 6.07) is 6.91. The van der Waals surface area contributed by atoms with Crippen LogP contribution in [0, 0.1) is 0 Å². The van der Waals surface area contributed by atoms with Crippen molar-refractivity contribution in [2.24, 2.45) is 10.1 Å². The Balaban J connectivity index is 2.46. The molecule has 0 unspecified atom stereocenters. The van der Waals surface area contributed by atoms with Crippen LogP contribution >= 0.6 is 0 Å². The maximum atomic E-state index is 11.9. The van der Waals surface area contributed by atoms with Gasteiger partial charge in [-0.15, -0.1) is 4.40 Å². The lowest BCUT2D eigenvalue weighted by atomic mass is 10.2. The van der Waals surface area contributed by atoms with Crippen LogP contribution in [0.2, 0.25) is 0 Å². The van der Waals surface area contributed by atoms with Crippen LogP contribution in [0.15, 0.2) is 33.6 Å². The maximum Gasteiger partial charge on any atom is 0.285 e. The average molecular weight is 267 g/mol. The molecular weight excluding hydrogens is 250 g/mol. The quantitative estimate of drug-likeness (QED) is 0.875. The van der Waals surface area contributed by atoms with Gasteiger partial charge in [-0.05, 0) is 18.6 Å². The first-order chi connectivity index (χ1) is 8.60. The lowest BCUT2D eigenvalue weighted by Gasteiger charge is -2.23. The number of amidine groups is 1. The summed E-state index contributed by atoms with van der Waals surface area (Å²) in [5.74, 6) is 0.526. The topological polar surface area (TPSA) is 75.8 Å². The predicted octanol–water partition coefficient (Wildman–Crippen LogP) is 0.806. The Bertz CT molecular complexity index is 560. The van der Waals surface area contributed by atoms with E-state index >= 15 is 0 Å². The number of hydrogen-bond donors (Lipinski definition) is 1. The molecular formula is C12H17N3O2S. The minimum absolute atomic E-state index is 0.290. The van der Waals surface area contributed by atoms with Gasteiger partial charge in [0.1, 0.15) is 4.90 Å². The Kier molecular flexibility index (Phi) is 3.68. The van der Waals surface area contributed by atoms with E-state index in [0.717, 1.165) is 13.0 Å². The molecule has 0 amide bonds. The molecule has 0 spiro atoms. The second kappa shape index (κ2) is 5.07. The molecule has 0 atom stereocenters. The second-order valence-corrected chi connectivity index (χ2v) is 5.73. The SMILES string of the molecule is CCCN(CCN)C1=NS(=O)(=O)c2ccccc21. The number of benzene rings is 1. The number of hydrogen-bond acceptors (Lipinski definition) is 4. The van der Waals surface area contributed by atoms with Gasteiger partial charge in [-0.3, -0.25) is 0 Å². The molecule has 2 N–H and O–H groups in total. The van der Waals surface area contributed by atoms with E-state index in [1.165, 1.54) is 0 Å². The third-order valence-electron chi connectivity index (χ3n) is 2.80. The third-order valence-corrected chi connectivity index (χ3v) is 4.13. The van der Waals surface area contributed by atoms with E-state index in [0.29, 0.717) is 24.5 Å². The average Bonchev–Trinajstić information content (AvgIpc) is 2.62. The molecule has 0 radical (unpaired) electrons. The van der Waals surface area contributed by atoms with Crippen LogP contribution in [-0.2, 0) is 10.0 Å². The highest BCUT2D eigenvalue weighted by Crippen LogP contribution is 2.27. The molecule has 0 saturated heterocycles. The van der Waals surface area contributed by atoms with Crippen molar-refractivity contribution in [3.8, 4) is 0 Å². The molecule has 1 aliphatic heterocycles. The molecule has 1 aromatic rings. The largest absolute Gasteiger partial charge is 0.354 e. The number of fused-ring (bicyclic) bond motifs is 1. The normalized spacial score (nSPS) is 16.2. The molecule has 2 rings (SSSR count). The van der Waals surface area contributed by atoms with Gasteiger partial charge in [0.15, 0.2) is 5.84 Å². The van der Waals surface area contributed by atoms with Crippen molar-refractivity contribution < 1.29 is 8.42 Å². The van der Waals surface area contributed by atoms with E-state index in [-0.39, 0.29) is 4.90 Å². The molecule has 5 nitrogen and oxygen atoms in total. The van der Waals surface area contributed by atoms with Crippen LogP contribution in [0.3, 0.4) is 0 Å². The summed E-state index contributed by atoms with van der Waals surface area (Å²) < 4.78 is 27.7. The van der Waals surface area contributed by atoms with Crippen molar-refractivity contribution in [2.75, 3.05) is 19.6 Å². The summed E-state index contributed by atoms with van der Waals surface area (Å²) in [6.45, 7) is 3.87. The molecule has 18 heavy (non-hydrogen) atoms. The number of sulfonamides is 1. The fourth-order valence-electron chi connectivity index (χ4n) is 2.07. The van der Waals surface area contributed by atoms with Crippen LogP contribution in [-0.4, -0.2) is 38.8 Å². The van der Waals surface area contributed by atoms with Gasteiger partial charge in [-0.2, -0.15) is 8.42 Å². The van der Waals surface area contributed by atoms with Gasteiger partial charge in [0.05, 0.1) is 0 Å². The van der Waals surface area contributed by atoms with Crippen molar-refractivity contribution in [3.05, 3.63) is 29.8 Å².